The Morgan fingerprint density at radius 2 is 1.85 bits per heavy atom. The number of carbonyl (C=O) groups excluding carboxylic acids is 1. The number of aliphatic hydroxyl groups is 1. The van der Waals surface area contributed by atoms with Crippen molar-refractivity contribution in [2.75, 3.05) is 12.4 Å². The maximum atomic E-state index is 12.1. The Bertz CT molecular complexity index is 425. The van der Waals surface area contributed by atoms with Gasteiger partial charge in [-0.25, -0.2) is 0 Å². The van der Waals surface area contributed by atoms with E-state index in [1.165, 1.54) is 0 Å². The molecule has 0 aromatic heterocycles. The van der Waals surface area contributed by atoms with E-state index in [1.54, 1.807) is 19.2 Å². The molecule has 0 unspecified atom stereocenters. The van der Waals surface area contributed by atoms with Crippen molar-refractivity contribution in [2.24, 2.45) is 0 Å². The number of amides is 1. The maximum absolute atomic E-state index is 12.1. The molecule has 0 spiro atoms. The minimum atomic E-state index is -0.907. The van der Waals surface area contributed by atoms with Gasteiger partial charge in [-0.05, 0) is 25.0 Å². The molecule has 1 aromatic rings. The topological polar surface area (TPSA) is 58.6 Å². The Morgan fingerprint density at radius 1 is 1.25 bits per heavy atom. The summed E-state index contributed by atoms with van der Waals surface area (Å²) >= 11 is 0. The number of rotatable bonds is 8. The van der Waals surface area contributed by atoms with Crippen LogP contribution in [0.1, 0.15) is 46.0 Å². The number of anilines is 1. The van der Waals surface area contributed by atoms with Gasteiger partial charge in [-0.2, -0.15) is 0 Å². The fraction of sp³-hybridized carbons (Fsp3) is 0.562. The SMILES string of the molecule is CCCC(O)(CCC)CC(=O)Nc1ccccc1OC. The van der Waals surface area contributed by atoms with E-state index in [0.717, 1.165) is 12.8 Å². The third-order valence-corrected chi connectivity index (χ3v) is 3.30. The average Bonchev–Trinajstić information content (AvgIpc) is 2.39. The molecule has 112 valence electrons. The van der Waals surface area contributed by atoms with E-state index in [1.807, 2.05) is 26.0 Å². The minimum absolute atomic E-state index is 0.118. The first-order valence-electron chi connectivity index (χ1n) is 7.20. The van der Waals surface area contributed by atoms with E-state index in [0.29, 0.717) is 24.3 Å². The zero-order valence-corrected chi connectivity index (χ0v) is 12.6. The van der Waals surface area contributed by atoms with E-state index in [4.69, 9.17) is 4.74 Å². The highest BCUT2D eigenvalue weighted by molar-refractivity contribution is 5.92. The van der Waals surface area contributed by atoms with Gasteiger partial charge in [0.25, 0.3) is 0 Å². The lowest BCUT2D eigenvalue weighted by molar-refractivity contribution is -0.121. The van der Waals surface area contributed by atoms with Gasteiger partial charge in [0.1, 0.15) is 5.75 Å². The average molecular weight is 279 g/mol. The van der Waals surface area contributed by atoms with Gasteiger partial charge in [0.05, 0.1) is 24.8 Å². The number of hydrogen-bond donors (Lipinski definition) is 2. The second-order valence-corrected chi connectivity index (χ2v) is 5.15. The Balaban J connectivity index is 2.70. The highest BCUT2D eigenvalue weighted by Crippen LogP contribution is 2.27. The maximum Gasteiger partial charge on any atom is 0.227 e. The smallest absolute Gasteiger partial charge is 0.227 e. The predicted octanol–water partition coefficient (Wildman–Crippen LogP) is 3.36. The number of hydrogen-bond acceptors (Lipinski definition) is 3. The third-order valence-electron chi connectivity index (χ3n) is 3.30. The summed E-state index contributed by atoms with van der Waals surface area (Å²) in [6.45, 7) is 4.03. The number of carbonyl (C=O) groups is 1. The predicted molar refractivity (Wildman–Crippen MR) is 81.0 cm³/mol. The van der Waals surface area contributed by atoms with Crippen molar-refractivity contribution in [1.29, 1.82) is 0 Å². The summed E-state index contributed by atoms with van der Waals surface area (Å²) in [6.07, 6.45) is 3.12. The van der Waals surface area contributed by atoms with Crippen molar-refractivity contribution in [3.05, 3.63) is 24.3 Å². The quantitative estimate of drug-likeness (QED) is 0.767. The fourth-order valence-corrected chi connectivity index (χ4v) is 2.47. The molecule has 1 rings (SSSR count). The summed E-state index contributed by atoms with van der Waals surface area (Å²) in [7, 11) is 1.56. The van der Waals surface area contributed by atoms with Gasteiger partial charge >= 0.3 is 0 Å². The molecule has 1 aromatic carbocycles. The second-order valence-electron chi connectivity index (χ2n) is 5.15. The fourth-order valence-electron chi connectivity index (χ4n) is 2.47. The van der Waals surface area contributed by atoms with Crippen molar-refractivity contribution in [2.45, 2.75) is 51.6 Å². The van der Waals surface area contributed by atoms with Crippen LogP contribution in [-0.4, -0.2) is 23.7 Å². The lowest BCUT2D eigenvalue weighted by Crippen LogP contribution is -2.33. The molecule has 1 amide bonds. The van der Waals surface area contributed by atoms with Crippen molar-refractivity contribution < 1.29 is 14.6 Å². The van der Waals surface area contributed by atoms with E-state index in [2.05, 4.69) is 5.32 Å². The molecule has 2 N–H and O–H groups in total. The number of benzene rings is 1. The zero-order valence-electron chi connectivity index (χ0n) is 12.6. The van der Waals surface area contributed by atoms with Crippen LogP contribution in [0.3, 0.4) is 0 Å². The molecular formula is C16H25NO3. The molecule has 0 heterocycles. The number of methoxy groups -OCH3 is 1. The third kappa shape index (κ3) is 4.85. The standard InChI is InChI=1S/C16H25NO3/c1-4-10-16(19,11-5-2)12-15(18)17-13-8-6-7-9-14(13)20-3/h6-9,19H,4-5,10-12H2,1-3H3,(H,17,18). The van der Waals surface area contributed by atoms with E-state index < -0.39 is 5.60 Å². The van der Waals surface area contributed by atoms with Crippen molar-refractivity contribution >= 4 is 11.6 Å². The lowest BCUT2D eigenvalue weighted by Gasteiger charge is -2.27. The largest absolute Gasteiger partial charge is 0.495 e. The zero-order chi connectivity index (χ0) is 15.0. The van der Waals surface area contributed by atoms with Gasteiger partial charge in [-0.1, -0.05) is 38.8 Å². The van der Waals surface area contributed by atoms with Crippen LogP contribution in [-0.2, 0) is 4.79 Å². The Labute approximate surface area is 121 Å². The normalized spacial score (nSPS) is 11.2. The Hall–Kier alpha value is -1.55. The summed E-state index contributed by atoms with van der Waals surface area (Å²) in [5.74, 6) is 0.439. The van der Waals surface area contributed by atoms with Crippen LogP contribution in [0, 0.1) is 0 Å². The molecule has 4 heteroatoms. The molecule has 0 bridgehead atoms. The van der Waals surface area contributed by atoms with Crippen molar-refractivity contribution in [3.8, 4) is 5.75 Å². The van der Waals surface area contributed by atoms with Crippen LogP contribution in [0.4, 0.5) is 5.69 Å². The van der Waals surface area contributed by atoms with E-state index in [9.17, 15) is 9.90 Å². The van der Waals surface area contributed by atoms with Crippen LogP contribution >= 0.6 is 0 Å². The summed E-state index contributed by atoms with van der Waals surface area (Å²) < 4.78 is 5.19. The molecule has 0 aliphatic heterocycles. The minimum Gasteiger partial charge on any atom is -0.495 e. The summed E-state index contributed by atoms with van der Waals surface area (Å²) in [6, 6.07) is 7.26. The van der Waals surface area contributed by atoms with Crippen LogP contribution in [0.15, 0.2) is 24.3 Å². The summed E-state index contributed by atoms with van der Waals surface area (Å²) in [4.78, 5) is 12.1. The van der Waals surface area contributed by atoms with Gasteiger partial charge in [0.2, 0.25) is 5.91 Å². The van der Waals surface area contributed by atoms with Gasteiger partial charge in [-0.15, -0.1) is 0 Å². The highest BCUT2D eigenvalue weighted by Gasteiger charge is 2.28. The van der Waals surface area contributed by atoms with E-state index in [-0.39, 0.29) is 12.3 Å². The first-order chi connectivity index (χ1) is 9.54. The van der Waals surface area contributed by atoms with Crippen LogP contribution < -0.4 is 10.1 Å². The lowest BCUT2D eigenvalue weighted by atomic mass is 9.89. The molecular weight excluding hydrogens is 254 g/mol. The van der Waals surface area contributed by atoms with Gasteiger partial charge in [0.15, 0.2) is 0 Å². The molecule has 0 fully saturated rings. The first kappa shape index (κ1) is 16.5. The molecule has 0 aliphatic carbocycles. The van der Waals surface area contributed by atoms with Crippen molar-refractivity contribution in [1.82, 2.24) is 0 Å². The Kier molecular flexibility index (Phi) is 6.52. The van der Waals surface area contributed by atoms with Crippen LogP contribution in [0.5, 0.6) is 5.75 Å². The van der Waals surface area contributed by atoms with Crippen LogP contribution in [0.2, 0.25) is 0 Å². The van der Waals surface area contributed by atoms with Gasteiger partial charge in [-0.3, -0.25) is 4.79 Å². The molecule has 0 atom stereocenters. The summed E-state index contributed by atoms with van der Waals surface area (Å²) in [5, 5.41) is 13.3. The first-order valence-corrected chi connectivity index (χ1v) is 7.20. The summed E-state index contributed by atoms with van der Waals surface area (Å²) in [5.41, 5.74) is -0.273. The molecule has 0 radical (unpaired) electrons. The molecule has 0 saturated heterocycles. The molecule has 0 aliphatic rings. The van der Waals surface area contributed by atoms with Crippen molar-refractivity contribution in [3.63, 3.8) is 0 Å². The molecule has 0 saturated carbocycles. The van der Waals surface area contributed by atoms with Gasteiger partial charge < -0.3 is 15.2 Å². The monoisotopic (exact) mass is 279 g/mol. The number of nitrogens with one attached hydrogen (secondary N) is 1. The number of ether oxygens (including phenoxy) is 1. The Morgan fingerprint density at radius 3 is 2.40 bits per heavy atom. The van der Waals surface area contributed by atoms with Gasteiger partial charge in [0, 0.05) is 0 Å². The molecule has 4 nitrogen and oxygen atoms in total. The number of para-hydroxylation sites is 2. The van der Waals surface area contributed by atoms with Crippen LogP contribution in [0.25, 0.3) is 0 Å². The van der Waals surface area contributed by atoms with E-state index >= 15 is 0 Å². The molecule has 20 heavy (non-hydrogen) atoms. The second kappa shape index (κ2) is 7.90. The highest BCUT2D eigenvalue weighted by atomic mass is 16.5.